The predicted molar refractivity (Wildman–Crippen MR) is 88.1 cm³/mol. The molecular weight excluding hydrogens is 330 g/mol. The topological polar surface area (TPSA) is 128 Å². The third-order valence-electron chi connectivity index (χ3n) is 2.88. The Kier molecular flexibility index (Phi) is 5.83. The monoisotopic (exact) mass is 355 g/mol. The molecule has 0 bridgehead atoms. The van der Waals surface area contributed by atoms with Crippen molar-refractivity contribution in [1.29, 1.82) is 0 Å². The van der Waals surface area contributed by atoms with Crippen molar-refractivity contribution in [2.75, 3.05) is 0 Å². The van der Waals surface area contributed by atoms with Crippen LogP contribution in [0, 0.1) is 0 Å². The fraction of sp³-hybridized carbons (Fsp3) is 0.625. The largest absolute Gasteiger partial charge is 0.458 e. The summed E-state index contributed by atoms with van der Waals surface area (Å²) in [6.07, 6.45) is -0.00418. The van der Waals surface area contributed by atoms with Crippen LogP contribution in [0.5, 0.6) is 0 Å². The number of urea groups is 1. The summed E-state index contributed by atoms with van der Waals surface area (Å²) in [5.41, 5.74) is 3.36. The Morgan fingerprint density at radius 2 is 1.64 bits per heavy atom. The Hall–Kier alpha value is -2.58. The number of ether oxygens (including phenoxy) is 2. The summed E-state index contributed by atoms with van der Waals surface area (Å²) in [6, 6.07) is -2.05. The van der Waals surface area contributed by atoms with Crippen molar-refractivity contribution in [3.8, 4) is 0 Å². The van der Waals surface area contributed by atoms with Gasteiger partial charge in [-0.3, -0.25) is 4.79 Å². The number of amides is 4. The summed E-state index contributed by atoms with van der Waals surface area (Å²) in [5.74, 6) is -1.49. The van der Waals surface area contributed by atoms with Crippen molar-refractivity contribution < 1.29 is 28.7 Å². The molecule has 3 N–H and O–H groups in total. The quantitative estimate of drug-likeness (QED) is 0.569. The number of rotatable bonds is 2. The van der Waals surface area contributed by atoms with Gasteiger partial charge in [0.1, 0.15) is 17.2 Å². The van der Waals surface area contributed by atoms with Gasteiger partial charge in [0, 0.05) is 18.2 Å². The molecule has 0 aromatic rings. The summed E-state index contributed by atoms with van der Waals surface area (Å²) >= 11 is 0. The maximum atomic E-state index is 12.5. The third kappa shape index (κ3) is 6.09. The molecular formula is C16H25N3O6. The van der Waals surface area contributed by atoms with Crippen molar-refractivity contribution in [1.82, 2.24) is 10.2 Å². The van der Waals surface area contributed by atoms with Crippen LogP contribution < -0.4 is 11.1 Å². The number of esters is 1. The van der Waals surface area contributed by atoms with E-state index in [0.29, 0.717) is 4.90 Å². The zero-order chi connectivity index (χ0) is 19.6. The summed E-state index contributed by atoms with van der Waals surface area (Å²) in [7, 11) is 0. The average molecular weight is 355 g/mol. The minimum atomic E-state index is -1.18. The molecule has 0 spiro atoms. The first-order chi connectivity index (χ1) is 11.2. The van der Waals surface area contributed by atoms with Gasteiger partial charge >= 0.3 is 18.1 Å². The molecule has 1 atom stereocenters. The van der Waals surface area contributed by atoms with E-state index >= 15 is 0 Å². The molecule has 1 fully saturated rings. The van der Waals surface area contributed by atoms with Crippen LogP contribution in [0.1, 0.15) is 48.0 Å². The molecule has 0 aromatic heterocycles. The van der Waals surface area contributed by atoms with Crippen molar-refractivity contribution >= 4 is 24.0 Å². The molecule has 0 radical (unpaired) electrons. The van der Waals surface area contributed by atoms with Crippen molar-refractivity contribution in [3.63, 3.8) is 0 Å². The molecule has 9 heteroatoms. The number of carbonyl (C=O) groups is 4. The van der Waals surface area contributed by atoms with Gasteiger partial charge in [-0.2, -0.15) is 0 Å². The van der Waals surface area contributed by atoms with Crippen molar-refractivity contribution in [2.24, 2.45) is 5.73 Å². The highest BCUT2D eigenvalue weighted by atomic mass is 16.6. The number of hydrogen-bond donors (Lipinski definition) is 2. The minimum absolute atomic E-state index is 0.0421. The highest BCUT2D eigenvalue weighted by Crippen LogP contribution is 2.28. The fourth-order valence-corrected chi connectivity index (χ4v) is 2.04. The van der Waals surface area contributed by atoms with Gasteiger partial charge < -0.3 is 20.5 Å². The van der Waals surface area contributed by atoms with Gasteiger partial charge in [-0.05, 0) is 41.5 Å². The lowest BCUT2D eigenvalue weighted by atomic mass is 10.1. The van der Waals surface area contributed by atoms with Crippen LogP contribution in [0.25, 0.3) is 0 Å². The number of likely N-dealkylation sites (tertiary alicyclic amines) is 1. The zero-order valence-corrected chi connectivity index (χ0v) is 15.3. The number of carbonyl (C=O) groups excluding carboxylic acids is 4. The molecule has 1 heterocycles. The number of nitrogens with two attached hydrogens (primary N) is 1. The Morgan fingerprint density at radius 3 is 2.08 bits per heavy atom. The van der Waals surface area contributed by atoms with E-state index in [0.717, 1.165) is 6.20 Å². The number of hydrogen-bond acceptors (Lipinski definition) is 6. The molecule has 1 unspecified atom stereocenters. The van der Waals surface area contributed by atoms with Gasteiger partial charge in [-0.1, -0.05) is 0 Å². The van der Waals surface area contributed by atoms with Gasteiger partial charge in [0.05, 0.1) is 0 Å². The molecule has 1 aliphatic heterocycles. The highest BCUT2D eigenvalue weighted by molar-refractivity contribution is 6.09. The maximum Gasteiger partial charge on any atom is 0.418 e. The van der Waals surface area contributed by atoms with Crippen LogP contribution in [0.4, 0.5) is 9.59 Å². The van der Waals surface area contributed by atoms with Gasteiger partial charge in [0.25, 0.3) is 5.91 Å². The van der Waals surface area contributed by atoms with Crippen LogP contribution in [0.15, 0.2) is 11.8 Å². The van der Waals surface area contributed by atoms with E-state index in [-0.39, 0.29) is 12.0 Å². The summed E-state index contributed by atoms with van der Waals surface area (Å²) in [6.45, 7) is 9.93. The van der Waals surface area contributed by atoms with Crippen LogP contribution in [-0.4, -0.2) is 46.1 Å². The second kappa shape index (κ2) is 7.12. The first kappa shape index (κ1) is 20.5. The van der Waals surface area contributed by atoms with E-state index < -0.39 is 41.2 Å². The van der Waals surface area contributed by atoms with E-state index in [1.54, 1.807) is 41.5 Å². The summed E-state index contributed by atoms with van der Waals surface area (Å²) in [5, 5.41) is 2.16. The molecule has 0 saturated carbocycles. The lowest BCUT2D eigenvalue weighted by molar-refractivity contribution is -0.161. The second-order valence-electron chi connectivity index (χ2n) is 7.59. The van der Waals surface area contributed by atoms with E-state index in [4.69, 9.17) is 15.2 Å². The third-order valence-corrected chi connectivity index (χ3v) is 2.88. The van der Waals surface area contributed by atoms with E-state index in [9.17, 15) is 19.2 Å². The SMILES string of the molecule is CC(C)(C)OC(=O)C1C/C(=C\NC(N)=O)C(=O)N1C(=O)OC(C)(C)C. The summed E-state index contributed by atoms with van der Waals surface area (Å²) in [4.78, 5) is 48.8. The molecule has 1 saturated heterocycles. The molecule has 1 aliphatic rings. The van der Waals surface area contributed by atoms with E-state index in [1.807, 2.05) is 0 Å². The predicted octanol–water partition coefficient (Wildman–Crippen LogP) is 1.42. The van der Waals surface area contributed by atoms with Crippen LogP contribution >= 0.6 is 0 Å². The molecule has 9 nitrogen and oxygen atoms in total. The number of imide groups is 1. The minimum Gasteiger partial charge on any atom is -0.458 e. The van der Waals surface area contributed by atoms with Crippen molar-refractivity contribution in [2.45, 2.75) is 65.2 Å². The molecule has 140 valence electrons. The van der Waals surface area contributed by atoms with Crippen LogP contribution in [-0.2, 0) is 19.1 Å². The fourth-order valence-electron chi connectivity index (χ4n) is 2.04. The smallest absolute Gasteiger partial charge is 0.418 e. The Labute approximate surface area is 146 Å². The Balaban J connectivity index is 3.13. The van der Waals surface area contributed by atoms with Gasteiger partial charge in [-0.25, -0.2) is 19.3 Å². The van der Waals surface area contributed by atoms with E-state index in [1.165, 1.54) is 0 Å². The number of nitrogens with zero attached hydrogens (tertiary/aromatic N) is 1. The second-order valence-corrected chi connectivity index (χ2v) is 7.59. The normalized spacial score (nSPS) is 19.8. The number of primary amides is 1. The van der Waals surface area contributed by atoms with Crippen LogP contribution in [0.3, 0.4) is 0 Å². The average Bonchev–Trinajstić information content (AvgIpc) is 2.69. The first-order valence-electron chi connectivity index (χ1n) is 7.75. The zero-order valence-electron chi connectivity index (χ0n) is 15.3. The molecule has 1 rings (SSSR count). The lowest BCUT2D eigenvalue weighted by Crippen LogP contribution is -2.47. The Bertz CT molecular complexity index is 612. The van der Waals surface area contributed by atoms with Crippen molar-refractivity contribution in [3.05, 3.63) is 11.8 Å². The summed E-state index contributed by atoms with van der Waals surface area (Å²) < 4.78 is 10.5. The lowest BCUT2D eigenvalue weighted by Gasteiger charge is -2.28. The molecule has 25 heavy (non-hydrogen) atoms. The van der Waals surface area contributed by atoms with Crippen LogP contribution in [0.2, 0.25) is 0 Å². The number of nitrogens with one attached hydrogen (secondary N) is 1. The standard InChI is InChI=1S/C16H25N3O6/c1-15(2,3)24-12(21)10-7-9(8-18-13(17)22)11(20)19(10)14(23)25-16(4,5)6/h8,10H,7H2,1-6H3,(H3,17,18,22)/b9-8+. The highest BCUT2D eigenvalue weighted by Gasteiger charge is 2.47. The Morgan fingerprint density at radius 1 is 1.12 bits per heavy atom. The first-order valence-corrected chi connectivity index (χ1v) is 7.75. The van der Waals surface area contributed by atoms with E-state index in [2.05, 4.69) is 5.32 Å². The maximum absolute atomic E-state index is 12.5. The molecule has 0 aliphatic carbocycles. The van der Waals surface area contributed by atoms with Gasteiger partial charge in [-0.15, -0.1) is 0 Å². The van der Waals surface area contributed by atoms with Gasteiger partial charge in [0.2, 0.25) is 0 Å². The van der Waals surface area contributed by atoms with Gasteiger partial charge in [0.15, 0.2) is 0 Å². The molecule has 4 amide bonds. The molecule has 0 aromatic carbocycles.